The lowest BCUT2D eigenvalue weighted by Gasteiger charge is -2.07. The van der Waals surface area contributed by atoms with E-state index >= 15 is 0 Å². The smallest absolute Gasteiger partial charge is 0.257 e. The van der Waals surface area contributed by atoms with Gasteiger partial charge in [0.05, 0.1) is 7.11 Å². The van der Waals surface area contributed by atoms with E-state index < -0.39 is 0 Å². The highest BCUT2D eigenvalue weighted by atomic mass is 16.5. The van der Waals surface area contributed by atoms with Gasteiger partial charge in [-0.3, -0.25) is 0 Å². The van der Waals surface area contributed by atoms with Crippen molar-refractivity contribution in [3.05, 3.63) is 65.5 Å². The molecule has 0 aliphatic rings. The van der Waals surface area contributed by atoms with Crippen molar-refractivity contribution in [2.24, 2.45) is 0 Å². The van der Waals surface area contributed by atoms with E-state index in [1.54, 1.807) is 7.11 Å². The molecule has 0 bridgehead atoms. The number of ether oxygens (including phenoxy) is 1. The molecule has 1 heterocycles. The van der Waals surface area contributed by atoms with Crippen LogP contribution < -0.4 is 10.1 Å². The largest absolute Gasteiger partial charge is 0.497 e. The Bertz CT molecular complexity index is 797. The molecule has 0 saturated heterocycles. The van der Waals surface area contributed by atoms with E-state index in [0.717, 1.165) is 43.1 Å². The second kappa shape index (κ2) is 8.44. The third-order valence-corrected chi connectivity index (χ3v) is 4.04. The summed E-state index contributed by atoms with van der Waals surface area (Å²) in [7, 11) is 1.69. The standard InChI is InChI=1S/C20H23N3O2/c1-3-19-22-20(25-23-19)17-9-7-15(8-10-17)11-12-21-14-16-5-4-6-18(13-16)24-2/h4-10,13,21H,3,11-12,14H2,1-2H3. The maximum atomic E-state index is 5.26. The molecular formula is C20H23N3O2. The van der Waals surface area contributed by atoms with Crippen molar-refractivity contribution in [2.75, 3.05) is 13.7 Å². The molecule has 0 fully saturated rings. The molecule has 0 unspecified atom stereocenters. The Morgan fingerprint density at radius 1 is 1.08 bits per heavy atom. The minimum absolute atomic E-state index is 0.583. The molecule has 0 aliphatic carbocycles. The molecule has 0 saturated carbocycles. The van der Waals surface area contributed by atoms with Crippen molar-refractivity contribution >= 4 is 0 Å². The van der Waals surface area contributed by atoms with E-state index in [-0.39, 0.29) is 0 Å². The van der Waals surface area contributed by atoms with Crippen LogP contribution in [0, 0.1) is 0 Å². The summed E-state index contributed by atoms with van der Waals surface area (Å²) in [5.41, 5.74) is 3.45. The first kappa shape index (κ1) is 17.2. The molecule has 3 rings (SSSR count). The van der Waals surface area contributed by atoms with E-state index in [0.29, 0.717) is 5.89 Å². The lowest BCUT2D eigenvalue weighted by molar-refractivity contribution is 0.414. The zero-order valence-electron chi connectivity index (χ0n) is 14.7. The van der Waals surface area contributed by atoms with Gasteiger partial charge in [-0.2, -0.15) is 4.98 Å². The molecule has 1 aromatic heterocycles. The van der Waals surface area contributed by atoms with E-state index in [1.807, 2.05) is 31.2 Å². The average molecular weight is 337 g/mol. The summed E-state index contributed by atoms with van der Waals surface area (Å²) >= 11 is 0. The third kappa shape index (κ3) is 4.67. The summed E-state index contributed by atoms with van der Waals surface area (Å²) in [4.78, 5) is 4.35. The molecule has 2 aromatic carbocycles. The number of aryl methyl sites for hydroxylation is 1. The van der Waals surface area contributed by atoms with Crippen LogP contribution in [0.2, 0.25) is 0 Å². The van der Waals surface area contributed by atoms with Gasteiger partial charge < -0.3 is 14.6 Å². The van der Waals surface area contributed by atoms with E-state index in [4.69, 9.17) is 9.26 Å². The molecule has 130 valence electrons. The van der Waals surface area contributed by atoms with Crippen LogP contribution in [0.3, 0.4) is 0 Å². The number of benzene rings is 2. The number of rotatable bonds is 8. The number of hydrogen-bond acceptors (Lipinski definition) is 5. The number of nitrogens with one attached hydrogen (secondary N) is 1. The molecule has 0 amide bonds. The van der Waals surface area contributed by atoms with Crippen LogP contribution in [0.4, 0.5) is 0 Å². The first-order valence-corrected chi connectivity index (χ1v) is 8.54. The molecule has 3 aromatic rings. The van der Waals surface area contributed by atoms with Crippen LogP contribution in [0.1, 0.15) is 23.9 Å². The molecule has 5 heteroatoms. The lowest BCUT2D eigenvalue weighted by atomic mass is 10.1. The predicted octanol–water partition coefficient (Wildman–Crippen LogP) is 3.64. The molecule has 0 aliphatic heterocycles. The minimum Gasteiger partial charge on any atom is -0.497 e. The van der Waals surface area contributed by atoms with Gasteiger partial charge in [0.2, 0.25) is 0 Å². The maximum Gasteiger partial charge on any atom is 0.257 e. The highest BCUT2D eigenvalue weighted by Crippen LogP contribution is 2.18. The van der Waals surface area contributed by atoms with E-state index in [1.165, 1.54) is 11.1 Å². The van der Waals surface area contributed by atoms with Gasteiger partial charge in [-0.05, 0) is 48.4 Å². The number of hydrogen-bond donors (Lipinski definition) is 1. The van der Waals surface area contributed by atoms with Crippen molar-refractivity contribution < 1.29 is 9.26 Å². The van der Waals surface area contributed by atoms with Crippen molar-refractivity contribution in [1.29, 1.82) is 0 Å². The summed E-state index contributed by atoms with van der Waals surface area (Å²) in [6, 6.07) is 16.4. The van der Waals surface area contributed by atoms with Crippen LogP contribution in [0.15, 0.2) is 53.1 Å². The van der Waals surface area contributed by atoms with E-state index in [2.05, 4.69) is 39.7 Å². The minimum atomic E-state index is 0.583. The fraction of sp³-hybridized carbons (Fsp3) is 0.300. The van der Waals surface area contributed by atoms with Crippen LogP contribution in [-0.4, -0.2) is 23.8 Å². The topological polar surface area (TPSA) is 60.2 Å². The fourth-order valence-corrected chi connectivity index (χ4v) is 2.58. The molecular weight excluding hydrogens is 314 g/mol. The number of aromatic nitrogens is 2. The first-order valence-electron chi connectivity index (χ1n) is 8.54. The summed E-state index contributed by atoms with van der Waals surface area (Å²) in [5, 5.41) is 7.39. The number of methoxy groups -OCH3 is 1. The summed E-state index contributed by atoms with van der Waals surface area (Å²) in [6.07, 6.45) is 1.74. The Morgan fingerprint density at radius 3 is 2.64 bits per heavy atom. The Kier molecular flexibility index (Phi) is 5.80. The monoisotopic (exact) mass is 337 g/mol. The summed E-state index contributed by atoms with van der Waals surface area (Å²) in [6.45, 7) is 3.75. The Labute approximate surface area is 148 Å². The number of nitrogens with zero attached hydrogens (tertiary/aromatic N) is 2. The molecule has 1 N–H and O–H groups in total. The van der Waals surface area contributed by atoms with Gasteiger partial charge in [0.1, 0.15) is 5.75 Å². The fourth-order valence-electron chi connectivity index (χ4n) is 2.58. The van der Waals surface area contributed by atoms with Crippen LogP contribution >= 0.6 is 0 Å². The Morgan fingerprint density at radius 2 is 1.92 bits per heavy atom. The average Bonchev–Trinajstić information content (AvgIpc) is 3.15. The van der Waals surface area contributed by atoms with Crippen molar-refractivity contribution in [3.63, 3.8) is 0 Å². The molecule has 25 heavy (non-hydrogen) atoms. The SMILES string of the molecule is CCc1noc(-c2ccc(CCNCc3cccc(OC)c3)cc2)n1. The van der Waals surface area contributed by atoms with Gasteiger partial charge in [-0.1, -0.05) is 36.3 Å². The summed E-state index contributed by atoms with van der Waals surface area (Å²) < 4.78 is 10.5. The molecule has 5 nitrogen and oxygen atoms in total. The zero-order chi connectivity index (χ0) is 17.5. The summed E-state index contributed by atoms with van der Waals surface area (Å²) in [5.74, 6) is 2.21. The molecule has 0 atom stereocenters. The Hall–Kier alpha value is -2.66. The molecule has 0 radical (unpaired) electrons. The van der Waals surface area contributed by atoms with Gasteiger partial charge in [0.25, 0.3) is 5.89 Å². The van der Waals surface area contributed by atoms with Crippen molar-refractivity contribution in [1.82, 2.24) is 15.5 Å². The van der Waals surface area contributed by atoms with Crippen molar-refractivity contribution in [2.45, 2.75) is 26.3 Å². The second-order valence-corrected chi connectivity index (χ2v) is 5.84. The van der Waals surface area contributed by atoms with Gasteiger partial charge in [0, 0.05) is 18.5 Å². The van der Waals surface area contributed by atoms with Gasteiger partial charge >= 0.3 is 0 Å². The van der Waals surface area contributed by atoms with Crippen LogP contribution in [0.25, 0.3) is 11.5 Å². The highest BCUT2D eigenvalue weighted by Gasteiger charge is 2.07. The first-order chi connectivity index (χ1) is 12.3. The predicted molar refractivity (Wildman–Crippen MR) is 97.5 cm³/mol. The van der Waals surface area contributed by atoms with Gasteiger partial charge in [0.15, 0.2) is 5.82 Å². The quantitative estimate of drug-likeness (QED) is 0.636. The van der Waals surface area contributed by atoms with Crippen LogP contribution in [-0.2, 0) is 19.4 Å². The molecule has 0 spiro atoms. The third-order valence-electron chi connectivity index (χ3n) is 4.04. The second-order valence-electron chi connectivity index (χ2n) is 5.84. The maximum absolute atomic E-state index is 5.26. The lowest BCUT2D eigenvalue weighted by Crippen LogP contribution is -2.16. The van der Waals surface area contributed by atoms with Gasteiger partial charge in [-0.25, -0.2) is 0 Å². The normalized spacial score (nSPS) is 10.8. The Balaban J connectivity index is 1.48. The van der Waals surface area contributed by atoms with Crippen molar-refractivity contribution in [3.8, 4) is 17.2 Å². The zero-order valence-corrected chi connectivity index (χ0v) is 14.7. The van der Waals surface area contributed by atoms with Crippen LogP contribution in [0.5, 0.6) is 5.75 Å². The highest BCUT2D eigenvalue weighted by molar-refractivity contribution is 5.53. The van der Waals surface area contributed by atoms with E-state index in [9.17, 15) is 0 Å². The van der Waals surface area contributed by atoms with Gasteiger partial charge in [-0.15, -0.1) is 0 Å².